The van der Waals surface area contributed by atoms with E-state index in [0.717, 1.165) is 42.5 Å². The van der Waals surface area contributed by atoms with E-state index in [1.165, 1.54) is 15.3 Å². The van der Waals surface area contributed by atoms with Crippen molar-refractivity contribution in [2.75, 3.05) is 24.5 Å². The molecule has 6 nitrogen and oxygen atoms in total. The zero-order valence-electron chi connectivity index (χ0n) is 17.8. The minimum atomic E-state index is -4.03. The van der Waals surface area contributed by atoms with E-state index >= 15 is 0 Å². The van der Waals surface area contributed by atoms with Gasteiger partial charge in [0.2, 0.25) is 10.0 Å². The predicted molar refractivity (Wildman–Crippen MR) is 117 cm³/mol. The molecule has 0 aliphatic carbocycles. The van der Waals surface area contributed by atoms with Crippen LogP contribution in [0.15, 0.2) is 41.3 Å². The SMILES string of the molecule is Cc1ccc(N(CCC#N)C(=O)c2ccc(F)c(S(=O)(=O)N3CCCCC3)c2)cc1C. The van der Waals surface area contributed by atoms with E-state index in [4.69, 9.17) is 5.26 Å². The van der Waals surface area contributed by atoms with Gasteiger partial charge in [-0.1, -0.05) is 12.5 Å². The third-order valence-electron chi connectivity index (χ3n) is 5.61. The number of anilines is 1. The second-order valence-corrected chi connectivity index (χ2v) is 9.65. The first-order chi connectivity index (χ1) is 14.8. The lowest BCUT2D eigenvalue weighted by Gasteiger charge is -2.26. The summed E-state index contributed by atoms with van der Waals surface area (Å²) in [5.74, 6) is -1.36. The summed E-state index contributed by atoms with van der Waals surface area (Å²) in [5.41, 5.74) is 2.72. The second-order valence-electron chi connectivity index (χ2n) is 7.74. The van der Waals surface area contributed by atoms with Gasteiger partial charge >= 0.3 is 0 Å². The second kappa shape index (κ2) is 9.58. The van der Waals surface area contributed by atoms with Gasteiger partial charge < -0.3 is 4.90 Å². The highest BCUT2D eigenvalue weighted by atomic mass is 32.2. The van der Waals surface area contributed by atoms with Crippen LogP contribution in [0.2, 0.25) is 0 Å². The lowest BCUT2D eigenvalue weighted by molar-refractivity contribution is 0.0987. The van der Waals surface area contributed by atoms with Gasteiger partial charge in [-0.2, -0.15) is 9.57 Å². The highest BCUT2D eigenvalue weighted by Crippen LogP contribution is 2.26. The largest absolute Gasteiger partial charge is 0.307 e. The molecule has 0 aromatic heterocycles. The minimum Gasteiger partial charge on any atom is -0.307 e. The molecule has 0 bridgehead atoms. The van der Waals surface area contributed by atoms with Crippen LogP contribution in [0.25, 0.3) is 0 Å². The number of carbonyl (C=O) groups is 1. The van der Waals surface area contributed by atoms with Crippen molar-refractivity contribution in [3.05, 3.63) is 58.9 Å². The molecule has 0 unspecified atom stereocenters. The summed E-state index contributed by atoms with van der Waals surface area (Å²) in [6, 6.07) is 11.0. The van der Waals surface area contributed by atoms with E-state index < -0.39 is 26.6 Å². The highest BCUT2D eigenvalue weighted by Gasteiger charge is 2.30. The fraction of sp³-hybridized carbons (Fsp3) is 0.391. The molecule has 1 fully saturated rings. The summed E-state index contributed by atoms with van der Waals surface area (Å²) in [6.07, 6.45) is 2.51. The van der Waals surface area contributed by atoms with Gasteiger partial charge in [0.1, 0.15) is 10.7 Å². The molecule has 1 aliphatic rings. The Morgan fingerprint density at radius 2 is 1.81 bits per heavy atom. The Bertz CT molecular complexity index is 1120. The van der Waals surface area contributed by atoms with Gasteiger partial charge in [0, 0.05) is 30.9 Å². The third kappa shape index (κ3) is 4.94. The molecule has 2 aromatic carbocycles. The summed E-state index contributed by atoms with van der Waals surface area (Å²) in [7, 11) is -4.03. The molecule has 1 aliphatic heterocycles. The van der Waals surface area contributed by atoms with Crippen molar-refractivity contribution in [2.24, 2.45) is 0 Å². The zero-order valence-corrected chi connectivity index (χ0v) is 18.6. The van der Waals surface area contributed by atoms with Crippen molar-refractivity contribution in [3.63, 3.8) is 0 Å². The summed E-state index contributed by atoms with van der Waals surface area (Å²) < 4.78 is 41.8. The molecule has 0 N–H and O–H groups in total. The van der Waals surface area contributed by atoms with Gasteiger partial charge in [0.25, 0.3) is 5.91 Å². The number of halogens is 1. The molecule has 164 valence electrons. The summed E-state index contributed by atoms with van der Waals surface area (Å²) in [4.78, 5) is 14.2. The highest BCUT2D eigenvalue weighted by molar-refractivity contribution is 7.89. The normalized spacial score (nSPS) is 14.8. The molecule has 1 heterocycles. The first-order valence-electron chi connectivity index (χ1n) is 10.3. The number of carbonyl (C=O) groups excluding carboxylic acids is 1. The summed E-state index contributed by atoms with van der Waals surface area (Å²) in [6.45, 7) is 4.71. The van der Waals surface area contributed by atoms with Gasteiger partial charge in [0.05, 0.1) is 12.5 Å². The maximum atomic E-state index is 14.5. The van der Waals surface area contributed by atoms with E-state index in [-0.39, 0.29) is 18.5 Å². The predicted octanol–water partition coefficient (Wildman–Crippen LogP) is 4.18. The maximum Gasteiger partial charge on any atom is 0.258 e. The van der Waals surface area contributed by atoms with Crippen molar-refractivity contribution >= 4 is 21.6 Å². The topological polar surface area (TPSA) is 81.5 Å². The molecule has 0 saturated carbocycles. The Morgan fingerprint density at radius 3 is 2.45 bits per heavy atom. The number of aryl methyl sites for hydroxylation is 2. The summed E-state index contributed by atoms with van der Waals surface area (Å²) >= 11 is 0. The van der Waals surface area contributed by atoms with E-state index in [1.54, 1.807) is 6.07 Å². The quantitative estimate of drug-likeness (QED) is 0.671. The Labute approximate surface area is 182 Å². The first kappa shape index (κ1) is 22.9. The van der Waals surface area contributed by atoms with Crippen LogP contribution in [0.4, 0.5) is 10.1 Å². The molecular weight excluding hydrogens is 417 g/mol. The van der Waals surface area contributed by atoms with Gasteiger partial charge in [0.15, 0.2) is 0 Å². The Hall–Kier alpha value is -2.76. The number of nitrogens with zero attached hydrogens (tertiary/aromatic N) is 3. The molecule has 2 aromatic rings. The van der Waals surface area contributed by atoms with Crippen LogP contribution >= 0.6 is 0 Å². The van der Waals surface area contributed by atoms with Crippen LogP contribution < -0.4 is 4.90 Å². The van der Waals surface area contributed by atoms with Gasteiger partial charge in [-0.15, -0.1) is 0 Å². The number of nitriles is 1. The van der Waals surface area contributed by atoms with Crippen molar-refractivity contribution in [2.45, 2.75) is 44.4 Å². The van der Waals surface area contributed by atoms with E-state index in [2.05, 4.69) is 0 Å². The van der Waals surface area contributed by atoms with E-state index in [9.17, 15) is 17.6 Å². The maximum absolute atomic E-state index is 14.5. The molecule has 0 spiro atoms. The van der Waals surface area contributed by atoms with Gasteiger partial charge in [-0.25, -0.2) is 12.8 Å². The molecule has 3 rings (SSSR count). The third-order valence-corrected chi connectivity index (χ3v) is 7.52. The molecule has 31 heavy (non-hydrogen) atoms. The van der Waals surface area contributed by atoms with Crippen molar-refractivity contribution in [1.82, 2.24) is 4.31 Å². The fourth-order valence-electron chi connectivity index (χ4n) is 3.64. The van der Waals surface area contributed by atoms with Crippen LogP contribution in [0.1, 0.15) is 47.2 Å². The lowest BCUT2D eigenvalue weighted by atomic mass is 10.1. The number of hydrogen-bond donors (Lipinski definition) is 0. The standard InChI is InChI=1S/C23H26FN3O3S/c1-17-7-9-20(15-18(17)2)27(14-6-11-25)23(28)19-8-10-21(24)22(16-19)31(29,30)26-12-4-3-5-13-26/h7-10,15-16H,3-6,12-14H2,1-2H3. The smallest absolute Gasteiger partial charge is 0.258 e. The number of rotatable bonds is 6. The molecule has 1 saturated heterocycles. The van der Waals surface area contributed by atoms with Crippen molar-refractivity contribution in [3.8, 4) is 6.07 Å². The molecule has 1 amide bonds. The number of benzene rings is 2. The number of sulfonamides is 1. The monoisotopic (exact) mass is 443 g/mol. The van der Waals surface area contributed by atoms with Gasteiger partial charge in [-0.3, -0.25) is 4.79 Å². The zero-order chi connectivity index (χ0) is 22.6. The van der Waals surface area contributed by atoms with Crippen LogP contribution in [0.5, 0.6) is 0 Å². The average Bonchev–Trinajstić information content (AvgIpc) is 2.77. The van der Waals surface area contributed by atoms with Crippen LogP contribution in [0.3, 0.4) is 0 Å². The van der Waals surface area contributed by atoms with Crippen LogP contribution in [-0.2, 0) is 10.0 Å². The molecule has 8 heteroatoms. The average molecular weight is 444 g/mol. The summed E-state index contributed by atoms with van der Waals surface area (Å²) in [5, 5.41) is 9.02. The number of piperidine rings is 1. The Balaban J connectivity index is 1.99. The van der Waals surface area contributed by atoms with E-state index in [1.807, 2.05) is 32.0 Å². The minimum absolute atomic E-state index is 0.0631. The molecule has 0 radical (unpaired) electrons. The number of amides is 1. The Morgan fingerprint density at radius 1 is 1.10 bits per heavy atom. The van der Waals surface area contributed by atoms with Crippen molar-refractivity contribution < 1.29 is 17.6 Å². The molecular formula is C23H26FN3O3S. The lowest BCUT2D eigenvalue weighted by Crippen LogP contribution is -2.36. The number of hydrogen-bond acceptors (Lipinski definition) is 4. The van der Waals surface area contributed by atoms with Gasteiger partial charge in [-0.05, 0) is 68.1 Å². The first-order valence-corrected chi connectivity index (χ1v) is 11.8. The Kier molecular flexibility index (Phi) is 7.08. The molecule has 0 atom stereocenters. The van der Waals surface area contributed by atoms with E-state index in [0.29, 0.717) is 18.8 Å². The van der Waals surface area contributed by atoms with Crippen LogP contribution in [0, 0.1) is 31.0 Å². The fourth-order valence-corrected chi connectivity index (χ4v) is 5.24. The van der Waals surface area contributed by atoms with Crippen LogP contribution in [-0.4, -0.2) is 38.3 Å². The van der Waals surface area contributed by atoms with Crippen molar-refractivity contribution in [1.29, 1.82) is 5.26 Å².